The number of amides is 1. The lowest BCUT2D eigenvalue weighted by Gasteiger charge is -2.05. The van der Waals surface area contributed by atoms with Crippen LogP contribution in [-0.2, 0) is 4.79 Å². The van der Waals surface area contributed by atoms with E-state index in [9.17, 15) is 9.90 Å². The third kappa shape index (κ3) is 3.11. The summed E-state index contributed by atoms with van der Waals surface area (Å²) in [6.07, 6.45) is 2.36. The van der Waals surface area contributed by atoms with Gasteiger partial charge < -0.3 is 5.11 Å². The van der Waals surface area contributed by atoms with Crippen molar-refractivity contribution in [1.29, 1.82) is 0 Å². The minimum atomic E-state index is -0.0789. The average molecular weight is 330 g/mol. The molecule has 1 amide bonds. The van der Waals surface area contributed by atoms with E-state index in [1.165, 1.54) is 11.8 Å². The topological polar surface area (TPSA) is 61.7 Å². The molecule has 0 heterocycles. The minimum absolute atomic E-state index is 0.0272. The lowest BCUT2D eigenvalue weighted by atomic mass is 10.0. The predicted molar refractivity (Wildman–Crippen MR) is 98.6 cm³/mol. The molecule has 0 saturated heterocycles. The fourth-order valence-corrected chi connectivity index (χ4v) is 3.22. The van der Waals surface area contributed by atoms with E-state index >= 15 is 0 Å². The maximum absolute atomic E-state index is 12.2. The first-order chi connectivity index (χ1) is 12.2. The van der Waals surface area contributed by atoms with E-state index in [0.29, 0.717) is 5.56 Å². The quantitative estimate of drug-likeness (QED) is 0.564. The predicted octanol–water partition coefficient (Wildman–Crippen LogP) is 3.80. The zero-order valence-electron chi connectivity index (χ0n) is 13.6. The molecule has 0 aromatic heterocycles. The largest absolute Gasteiger partial charge is 0.507 e. The summed E-state index contributed by atoms with van der Waals surface area (Å²) < 4.78 is 0. The van der Waals surface area contributed by atoms with Gasteiger partial charge in [0.05, 0.1) is 6.21 Å². The summed E-state index contributed by atoms with van der Waals surface area (Å²) in [5, 5.41) is 16.1. The van der Waals surface area contributed by atoms with E-state index in [2.05, 4.69) is 22.7 Å². The second-order valence-electron chi connectivity index (χ2n) is 6.31. The normalized spacial score (nSPS) is 19.2. The maximum Gasteiger partial charge on any atom is 0.243 e. The van der Waals surface area contributed by atoms with Gasteiger partial charge in [0, 0.05) is 11.5 Å². The van der Waals surface area contributed by atoms with Gasteiger partial charge in [-0.25, -0.2) is 5.43 Å². The van der Waals surface area contributed by atoms with Crippen molar-refractivity contribution in [2.75, 3.05) is 0 Å². The smallest absolute Gasteiger partial charge is 0.243 e. The number of rotatable bonds is 4. The highest BCUT2D eigenvalue weighted by Gasteiger charge is 2.43. The SMILES string of the molecule is O=C(N/N=C\c1c(O)ccc2ccccc12)[C@H]1C[C@H]1c1ccccc1. The van der Waals surface area contributed by atoms with Crippen molar-refractivity contribution in [2.45, 2.75) is 12.3 Å². The van der Waals surface area contributed by atoms with Crippen LogP contribution in [-0.4, -0.2) is 17.2 Å². The van der Waals surface area contributed by atoms with Gasteiger partial charge >= 0.3 is 0 Å². The van der Waals surface area contributed by atoms with E-state index in [4.69, 9.17) is 0 Å². The minimum Gasteiger partial charge on any atom is -0.507 e. The van der Waals surface area contributed by atoms with Gasteiger partial charge in [0.2, 0.25) is 5.91 Å². The van der Waals surface area contributed by atoms with Gasteiger partial charge in [0.25, 0.3) is 0 Å². The molecular weight excluding hydrogens is 312 g/mol. The molecule has 1 saturated carbocycles. The van der Waals surface area contributed by atoms with Crippen LogP contribution in [0.3, 0.4) is 0 Å². The molecule has 3 aromatic carbocycles. The molecule has 1 aliphatic rings. The first-order valence-electron chi connectivity index (χ1n) is 8.32. The molecule has 0 unspecified atom stereocenters. The molecule has 0 radical (unpaired) electrons. The molecule has 25 heavy (non-hydrogen) atoms. The number of phenolic OH excluding ortho intramolecular Hbond substituents is 1. The summed E-state index contributed by atoms with van der Waals surface area (Å²) in [5.41, 5.74) is 4.40. The number of hydrogen-bond donors (Lipinski definition) is 2. The third-order valence-electron chi connectivity index (χ3n) is 4.67. The summed E-state index contributed by atoms with van der Waals surface area (Å²) in [4.78, 5) is 12.2. The van der Waals surface area contributed by atoms with Crippen LogP contribution in [0.1, 0.15) is 23.5 Å². The number of hydrazone groups is 1. The van der Waals surface area contributed by atoms with Crippen LogP contribution in [0.15, 0.2) is 71.8 Å². The van der Waals surface area contributed by atoms with Gasteiger partial charge in [-0.1, -0.05) is 60.7 Å². The Bertz CT molecular complexity index is 951. The molecule has 4 heteroatoms. The standard InChI is InChI=1S/C21H18N2O2/c24-20-11-10-15-8-4-5-9-16(15)19(20)13-22-23-21(25)18-12-17(18)14-6-2-1-3-7-14/h1-11,13,17-18,24H,12H2,(H,23,25)/b22-13-/t17-,18-/m0/s1. The Labute approximate surface area is 145 Å². The van der Waals surface area contributed by atoms with Crippen LogP contribution in [0, 0.1) is 5.92 Å². The van der Waals surface area contributed by atoms with Crippen molar-refractivity contribution in [1.82, 2.24) is 5.43 Å². The molecule has 3 aromatic rings. The Morgan fingerprint density at radius 3 is 2.64 bits per heavy atom. The number of hydrogen-bond acceptors (Lipinski definition) is 3. The molecule has 1 fully saturated rings. The Balaban J connectivity index is 1.46. The average Bonchev–Trinajstić information content (AvgIpc) is 3.45. The molecule has 4 rings (SSSR count). The molecule has 0 bridgehead atoms. The Morgan fingerprint density at radius 2 is 1.80 bits per heavy atom. The Hall–Kier alpha value is -3.14. The van der Waals surface area contributed by atoms with Crippen LogP contribution in [0.5, 0.6) is 5.75 Å². The van der Waals surface area contributed by atoms with E-state index in [1.807, 2.05) is 48.5 Å². The number of nitrogens with one attached hydrogen (secondary N) is 1. The van der Waals surface area contributed by atoms with Crippen LogP contribution < -0.4 is 5.43 Å². The highest BCUT2D eigenvalue weighted by Crippen LogP contribution is 2.47. The number of carbonyl (C=O) groups is 1. The molecule has 2 N–H and O–H groups in total. The number of aromatic hydroxyl groups is 1. The Kier molecular flexibility index (Phi) is 3.94. The highest BCUT2D eigenvalue weighted by molar-refractivity contribution is 6.02. The summed E-state index contributed by atoms with van der Waals surface area (Å²) >= 11 is 0. The first kappa shape index (κ1) is 15.4. The van der Waals surface area contributed by atoms with E-state index in [-0.39, 0.29) is 23.5 Å². The molecule has 124 valence electrons. The molecule has 1 aliphatic carbocycles. The van der Waals surface area contributed by atoms with E-state index in [1.54, 1.807) is 6.07 Å². The van der Waals surface area contributed by atoms with Crippen LogP contribution in [0.4, 0.5) is 0 Å². The number of benzene rings is 3. The van der Waals surface area contributed by atoms with Crippen molar-refractivity contribution in [3.63, 3.8) is 0 Å². The molecule has 0 aliphatic heterocycles. The summed E-state index contributed by atoms with van der Waals surface area (Å²) in [5.74, 6) is 0.318. The second kappa shape index (κ2) is 6.40. The lowest BCUT2D eigenvalue weighted by Crippen LogP contribution is -2.20. The van der Waals surface area contributed by atoms with Gasteiger partial charge in [0.15, 0.2) is 0 Å². The van der Waals surface area contributed by atoms with Gasteiger partial charge in [0.1, 0.15) is 5.75 Å². The fourth-order valence-electron chi connectivity index (χ4n) is 3.22. The summed E-state index contributed by atoms with van der Waals surface area (Å²) in [7, 11) is 0. The van der Waals surface area contributed by atoms with E-state index in [0.717, 1.165) is 17.2 Å². The molecular formula is C21H18N2O2. The molecule has 0 spiro atoms. The first-order valence-corrected chi connectivity index (χ1v) is 8.32. The van der Waals surface area contributed by atoms with Gasteiger partial charge in [-0.3, -0.25) is 4.79 Å². The molecule has 4 nitrogen and oxygen atoms in total. The van der Waals surface area contributed by atoms with Crippen molar-refractivity contribution >= 4 is 22.9 Å². The zero-order valence-corrected chi connectivity index (χ0v) is 13.6. The summed E-state index contributed by atoms with van der Waals surface area (Å²) in [6, 6.07) is 21.3. The monoisotopic (exact) mass is 330 g/mol. The van der Waals surface area contributed by atoms with Crippen LogP contribution in [0.25, 0.3) is 10.8 Å². The number of nitrogens with zero attached hydrogens (tertiary/aromatic N) is 1. The van der Waals surface area contributed by atoms with Crippen molar-refractivity contribution in [2.24, 2.45) is 11.0 Å². The lowest BCUT2D eigenvalue weighted by molar-refractivity contribution is -0.122. The number of fused-ring (bicyclic) bond motifs is 1. The van der Waals surface area contributed by atoms with Crippen molar-refractivity contribution < 1.29 is 9.90 Å². The fraction of sp³-hybridized carbons (Fsp3) is 0.143. The highest BCUT2D eigenvalue weighted by atomic mass is 16.3. The maximum atomic E-state index is 12.2. The molecule has 2 atom stereocenters. The Morgan fingerprint density at radius 1 is 1.04 bits per heavy atom. The zero-order chi connectivity index (χ0) is 17.2. The van der Waals surface area contributed by atoms with Crippen LogP contribution in [0.2, 0.25) is 0 Å². The van der Waals surface area contributed by atoms with Crippen LogP contribution >= 0.6 is 0 Å². The van der Waals surface area contributed by atoms with E-state index < -0.39 is 0 Å². The van der Waals surface area contributed by atoms with Gasteiger partial charge in [-0.05, 0) is 34.7 Å². The second-order valence-corrected chi connectivity index (χ2v) is 6.31. The number of carbonyl (C=O) groups excluding carboxylic acids is 1. The van der Waals surface area contributed by atoms with Gasteiger partial charge in [-0.2, -0.15) is 5.10 Å². The summed E-state index contributed by atoms with van der Waals surface area (Å²) in [6.45, 7) is 0. The number of phenols is 1. The van der Waals surface area contributed by atoms with Gasteiger partial charge in [-0.15, -0.1) is 0 Å². The van der Waals surface area contributed by atoms with Crippen molar-refractivity contribution in [3.05, 3.63) is 77.9 Å². The van der Waals surface area contributed by atoms with Crippen molar-refractivity contribution in [3.8, 4) is 5.75 Å². The third-order valence-corrected chi connectivity index (χ3v) is 4.67.